The van der Waals surface area contributed by atoms with Gasteiger partial charge in [-0.05, 0) is 51.3 Å². The Balaban J connectivity index is 1.35. The van der Waals surface area contributed by atoms with Gasteiger partial charge >= 0.3 is 0 Å². The van der Waals surface area contributed by atoms with Crippen LogP contribution >= 0.6 is 0 Å². The number of sulfone groups is 1. The number of anilines is 2. The van der Waals surface area contributed by atoms with Gasteiger partial charge in [0.2, 0.25) is 11.9 Å². The molecule has 1 amide bonds. The summed E-state index contributed by atoms with van der Waals surface area (Å²) in [5, 5.41) is -0.468. The third-order valence-electron chi connectivity index (χ3n) is 6.40. The zero-order valence-corrected chi connectivity index (χ0v) is 20.5. The number of carbonyl (C=O) groups is 1. The van der Waals surface area contributed by atoms with Crippen LogP contribution in [0.15, 0.2) is 35.2 Å². The van der Waals surface area contributed by atoms with Gasteiger partial charge in [-0.2, -0.15) is 4.98 Å². The number of hydrogen-bond donors (Lipinski definition) is 0. The highest BCUT2D eigenvalue weighted by Gasteiger charge is 2.25. The monoisotopic (exact) mass is 471 g/mol. The first-order valence-electron chi connectivity index (χ1n) is 11.7. The molecule has 0 N–H and O–H groups in total. The first-order valence-corrected chi connectivity index (χ1v) is 13.2. The standard InChI is InChI=1S/C24H33N5O3S/c1-18(2)33(31,32)21-8-6-20(7-9-21)17-23(30)28-12-14-29(15-13-28)24-25-19(3)16-22(26-24)27-10-4-5-11-27/h6-9,16,18H,4-5,10-15,17H2,1-3H3. The van der Waals surface area contributed by atoms with Crippen molar-refractivity contribution in [3.8, 4) is 0 Å². The molecule has 1 aromatic heterocycles. The number of nitrogens with zero attached hydrogens (tertiary/aromatic N) is 5. The zero-order chi connectivity index (χ0) is 23.6. The maximum Gasteiger partial charge on any atom is 0.227 e. The lowest BCUT2D eigenvalue weighted by molar-refractivity contribution is -0.130. The van der Waals surface area contributed by atoms with E-state index in [1.54, 1.807) is 38.1 Å². The largest absolute Gasteiger partial charge is 0.356 e. The molecule has 0 aliphatic carbocycles. The molecule has 0 unspecified atom stereocenters. The molecule has 0 spiro atoms. The van der Waals surface area contributed by atoms with Crippen molar-refractivity contribution in [2.24, 2.45) is 0 Å². The molecule has 178 valence electrons. The Labute approximate surface area is 196 Å². The van der Waals surface area contributed by atoms with E-state index in [-0.39, 0.29) is 12.3 Å². The van der Waals surface area contributed by atoms with Gasteiger partial charge in [0.25, 0.3) is 0 Å². The molecular weight excluding hydrogens is 438 g/mol. The second-order valence-electron chi connectivity index (χ2n) is 9.14. The van der Waals surface area contributed by atoms with E-state index < -0.39 is 15.1 Å². The SMILES string of the molecule is Cc1cc(N2CCCC2)nc(N2CCN(C(=O)Cc3ccc(S(=O)(=O)C(C)C)cc3)CC2)n1. The highest BCUT2D eigenvalue weighted by molar-refractivity contribution is 7.92. The Morgan fingerprint density at radius 2 is 1.58 bits per heavy atom. The van der Waals surface area contributed by atoms with Crippen LogP contribution in [0.3, 0.4) is 0 Å². The van der Waals surface area contributed by atoms with E-state index in [0.29, 0.717) is 31.1 Å². The lowest BCUT2D eigenvalue weighted by atomic mass is 10.1. The van der Waals surface area contributed by atoms with Gasteiger partial charge in [0.05, 0.1) is 16.6 Å². The first-order chi connectivity index (χ1) is 15.7. The number of amides is 1. The van der Waals surface area contributed by atoms with Gasteiger partial charge in [0, 0.05) is 51.0 Å². The van der Waals surface area contributed by atoms with Crippen molar-refractivity contribution in [1.82, 2.24) is 14.9 Å². The summed E-state index contributed by atoms with van der Waals surface area (Å²) in [5.74, 6) is 1.79. The molecular formula is C24H33N5O3S. The Bertz CT molecular complexity index is 1090. The Kier molecular flexibility index (Phi) is 6.88. The van der Waals surface area contributed by atoms with Gasteiger partial charge in [0.15, 0.2) is 9.84 Å². The van der Waals surface area contributed by atoms with Crippen LogP contribution in [0.5, 0.6) is 0 Å². The van der Waals surface area contributed by atoms with Gasteiger partial charge in [-0.25, -0.2) is 13.4 Å². The lowest BCUT2D eigenvalue weighted by Crippen LogP contribution is -2.49. The van der Waals surface area contributed by atoms with E-state index in [0.717, 1.165) is 36.1 Å². The third-order valence-corrected chi connectivity index (χ3v) is 8.57. The summed E-state index contributed by atoms with van der Waals surface area (Å²) < 4.78 is 24.6. The number of aromatic nitrogens is 2. The summed E-state index contributed by atoms with van der Waals surface area (Å²) in [4.78, 5) is 28.9. The van der Waals surface area contributed by atoms with Crippen molar-refractivity contribution < 1.29 is 13.2 Å². The quantitative estimate of drug-likeness (QED) is 0.640. The minimum absolute atomic E-state index is 0.0528. The fourth-order valence-electron chi connectivity index (χ4n) is 4.30. The molecule has 9 heteroatoms. The van der Waals surface area contributed by atoms with Crippen LogP contribution in [0.2, 0.25) is 0 Å². The number of aryl methyl sites for hydroxylation is 1. The van der Waals surface area contributed by atoms with Crippen molar-refractivity contribution in [2.45, 2.75) is 50.2 Å². The van der Waals surface area contributed by atoms with Crippen LogP contribution in [0, 0.1) is 6.92 Å². The van der Waals surface area contributed by atoms with Gasteiger partial charge in [-0.1, -0.05) is 12.1 Å². The molecule has 3 heterocycles. The average molecular weight is 472 g/mol. The van der Waals surface area contributed by atoms with E-state index in [9.17, 15) is 13.2 Å². The number of hydrogen-bond acceptors (Lipinski definition) is 7. The first kappa shape index (κ1) is 23.5. The number of benzene rings is 1. The van der Waals surface area contributed by atoms with E-state index in [1.165, 1.54) is 12.8 Å². The fourth-order valence-corrected chi connectivity index (χ4v) is 5.36. The highest BCUT2D eigenvalue weighted by Crippen LogP contribution is 2.22. The van der Waals surface area contributed by atoms with Crippen LogP contribution < -0.4 is 9.80 Å². The van der Waals surface area contributed by atoms with E-state index in [2.05, 4.69) is 14.8 Å². The molecule has 33 heavy (non-hydrogen) atoms. The minimum atomic E-state index is -3.30. The average Bonchev–Trinajstić information content (AvgIpc) is 3.34. The van der Waals surface area contributed by atoms with Crippen molar-refractivity contribution in [1.29, 1.82) is 0 Å². The van der Waals surface area contributed by atoms with Gasteiger partial charge in [-0.15, -0.1) is 0 Å². The molecule has 0 saturated carbocycles. The Hall–Kier alpha value is -2.68. The third kappa shape index (κ3) is 5.29. The van der Waals surface area contributed by atoms with Crippen molar-refractivity contribution in [3.63, 3.8) is 0 Å². The van der Waals surface area contributed by atoms with Crippen molar-refractivity contribution in [2.75, 3.05) is 49.1 Å². The molecule has 4 rings (SSSR count). The topological polar surface area (TPSA) is 86.7 Å². The smallest absolute Gasteiger partial charge is 0.227 e. The molecule has 0 radical (unpaired) electrons. The number of rotatable bonds is 6. The molecule has 2 fully saturated rings. The zero-order valence-electron chi connectivity index (χ0n) is 19.7. The molecule has 8 nitrogen and oxygen atoms in total. The summed E-state index contributed by atoms with van der Waals surface area (Å²) >= 11 is 0. The van der Waals surface area contributed by atoms with Crippen LogP contribution in [0.1, 0.15) is 37.9 Å². The van der Waals surface area contributed by atoms with Crippen LogP contribution in [0.25, 0.3) is 0 Å². The molecule has 2 aromatic rings. The molecule has 2 saturated heterocycles. The van der Waals surface area contributed by atoms with E-state index in [4.69, 9.17) is 4.98 Å². The van der Waals surface area contributed by atoms with Gasteiger partial charge < -0.3 is 14.7 Å². The lowest BCUT2D eigenvalue weighted by Gasteiger charge is -2.35. The summed E-state index contributed by atoms with van der Waals surface area (Å²) in [7, 11) is -3.30. The second kappa shape index (κ2) is 9.67. The summed E-state index contributed by atoms with van der Waals surface area (Å²) in [6.45, 7) is 10.1. The maximum absolute atomic E-state index is 12.8. The van der Waals surface area contributed by atoms with E-state index >= 15 is 0 Å². The molecule has 1 aromatic carbocycles. The summed E-state index contributed by atoms with van der Waals surface area (Å²) in [6.07, 6.45) is 2.67. The molecule has 2 aliphatic heterocycles. The summed E-state index contributed by atoms with van der Waals surface area (Å²) in [5.41, 5.74) is 1.78. The second-order valence-corrected chi connectivity index (χ2v) is 11.6. The molecule has 0 bridgehead atoms. The van der Waals surface area contributed by atoms with Gasteiger partial charge in [0.1, 0.15) is 5.82 Å². The normalized spacial score (nSPS) is 17.2. The minimum Gasteiger partial charge on any atom is -0.356 e. The molecule has 0 atom stereocenters. The van der Waals surface area contributed by atoms with Crippen molar-refractivity contribution in [3.05, 3.63) is 41.6 Å². The number of piperazine rings is 1. The Morgan fingerprint density at radius 3 is 2.18 bits per heavy atom. The maximum atomic E-state index is 12.8. The summed E-state index contributed by atoms with van der Waals surface area (Å²) in [6, 6.07) is 8.73. The van der Waals surface area contributed by atoms with E-state index in [1.807, 2.05) is 17.9 Å². The Morgan fingerprint density at radius 1 is 0.939 bits per heavy atom. The highest BCUT2D eigenvalue weighted by atomic mass is 32.2. The predicted octanol–water partition coefficient (Wildman–Crippen LogP) is 2.46. The fraction of sp³-hybridized carbons (Fsp3) is 0.542. The van der Waals surface area contributed by atoms with Crippen LogP contribution in [-0.2, 0) is 21.1 Å². The number of carbonyl (C=O) groups excluding carboxylic acids is 1. The van der Waals surface area contributed by atoms with Gasteiger partial charge in [-0.3, -0.25) is 4.79 Å². The van der Waals surface area contributed by atoms with Crippen LogP contribution in [-0.4, -0.2) is 73.7 Å². The molecule has 2 aliphatic rings. The predicted molar refractivity (Wildman–Crippen MR) is 129 cm³/mol. The van der Waals surface area contributed by atoms with Crippen molar-refractivity contribution >= 4 is 27.5 Å². The van der Waals surface area contributed by atoms with Crippen LogP contribution in [0.4, 0.5) is 11.8 Å².